The van der Waals surface area contributed by atoms with Crippen LogP contribution in [0.4, 0.5) is 4.39 Å². The second-order valence-corrected chi connectivity index (χ2v) is 3.49. The number of benzene rings is 1. The van der Waals surface area contributed by atoms with E-state index in [9.17, 15) is 9.18 Å². The SMILES string of the molecule is O=CC1(F)CCCc2ccccc21. The van der Waals surface area contributed by atoms with Crippen molar-refractivity contribution in [2.75, 3.05) is 0 Å². The molecular formula is C11H11FO. The van der Waals surface area contributed by atoms with E-state index in [-0.39, 0.29) is 0 Å². The summed E-state index contributed by atoms with van der Waals surface area (Å²) >= 11 is 0. The minimum atomic E-state index is -1.73. The van der Waals surface area contributed by atoms with Gasteiger partial charge in [0.15, 0.2) is 12.0 Å². The van der Waals surface area contributed by atoms with Crippen molar-refractivity contribution in [1.82, 2.24) is 0 Å². The smallest absolute Gasteiger partial charge is 0.191 e. The van der Waals surface area contributed by atoms with Crippen LogP contribution >= 0.6 is 0 Å². The average Bonchev–Trinajstić information content (AvgIpc) is 2.19. The van der Waals surface area contributed by atoms with Gasteiger partial charge in [0.05, 0.1) is 0 Å². The molecule has 1 aliphatic rings. The zero-order valence-corrected chi connectivity index (χ0v) is 7.29. The number of hydrogen-bond acceptors (Lipinski definition) is 1. The Hall–Kier alpha value is -1.18. The molecule has 13 heavy (non-hydrogen) atoms. The third-order valence-corrected chi connectivity index (χ3v) is 2.64. The number of rotatable bonds is 1. The standard InChI is InChI=1S/C11H11FO/c12-11(8-13)7-3-5-9-4-1-2-6-10(9)11/h1-2,4,6,8H,3,5,7H2. The average molecular weight is 178 g/mol. The molecule has 0 bridgehead atoms. The van der Waals surface area contributed by atoms with E-state index < -0.39 is 5.67 Å². The maximum atomic E-state index is 13.9. The summed E-state index contributed by atoms with van der Waals surface area (Å²) in [6.07, 6.45) is 2.40. The number of aryl methyl sites for hydroxylation is 1. The lowest BCUT2D eigenvalue weighted by Crippen LogP contribution is -2.27. The molecule has 2 rings (SSSR count). The fourth-order valence-corrected chi connectivity index (χ4v) is 1.94. The van der Waals surface area contributed by atoms with Crippen LogP contribution in [0, 0.1) is 0 Å². The van der Waals surface area contributed by atoms with E-state index in [2.05, 4.69) is 0 Å². The first kappa shape index (κ1) is 8.42. The molecule has 0 radical (unpaired) electrons. The fourth-order valence-electron chi connectivity index (χ4n) is 1.94. The highest BCUT2D eigenvalue weighted by molar-refractivity contribution is 5.67. The highest BCUT2D eigenvalue weighted by Crippen LogP contribution is 2.36. The van der Waals surface area contributed by atoms with E-state index in [0.29, 0.717) is 18.3 Å². The lowest BCUT2D eigenvalue weighted by atomic mass is 9.81. The Morgan fingerprint density at radius 1 is 1.38 bits per heavy atom. The molecule has 0 heterocycles. The molecule has 0 spiro atoms. The molecule has 1 atom stereocenters. The number of alkyl halides is 1. The van der Waals surface area contributed by atoms with Crippen LogP contribution in [0.3, 0.4) is 0 Å². The van der Waals surface area contributed by atoms with Gasteiger partial charge in [0.25, 0.3) is 0 Å². The predicted octanol–water partition coefficient (Wildman–Crippen LogP) is 2.39. The van der Waals surface area contributed by atoms with Crippen molar-refractivity contribution in [3.8, 4) is 0 Å². The molecular weight excluding hydrogens is 167 g/mol. The highest BCUT2D eigenvalue weighted by Gasteiger charge is 2.35. The third-order valence-electron chi connectivity index (χ3n) is 2.64. The number of halogens is 1. The van der Waals surface area contributed by atoms with Crippen molar-refractivity contribution in [3.63, 3.8) is 0 Å². The zero-order valence-electron chi connectivity index (χ0n) is 7.29. The number of carbonyl (C=O) groups excluding carboxylic acids is 1. The molecule has 0 saturated carbocycles. The van der Waals surface area contributed by atoms with E-state index in [1.54, 1.807) is 12.1 Å². The van der Waals surface area contributed by atoms with Crippen LogP contribution in [0.5, 0.6) is 0 Å². The topological polar surface area (TPSA) is 17.1 Å². The van der Waals surface area contributed by atoms with Crippen molar-refractivity contribution in [3.05, 3.63) is 35.4 Å². The number of hydrogen-bond donors (Lipinski definition) is 0. The molecule has 1 unspecified atom stereocenters. The molecule has 0 aliphatic heterocycles. The summed E-state index contributed by atoms with van der Waals surface area (Å²) in [5.41, 5.74) is -0.186. The second-order valence-electron chi connectivity index (χ2n) is 3.49. The Labute approximate surface area is 76.6 Å². The van der Waals surface area contributed by atoms with Crippen LogP contribution in [0.1, 0.15) is 24.0 Å². The minimum Gasteiger partial charge on any atom is -0.299 e. The third kappa shape index (κ3) is 1.26. The van der Waals surface area contributed by atoms with Crippen molar-refractivity contribution in [2.24, 2.45) is 0 Å². The quantitative estimate of drug-likeness (QED) is 0.603. The first-order valence-corrected chi connectivity index (χ1v) is 4.50. The van der Waals surface area contributed by atoms with Crippen molar-refractivity contribution in [1.29, 1.82) is 0 Å². The Morgan fingerprint density at radius 3 is 2.92 bits per heavy atom. The van der Waals surface area contributed by atoms with Crippen molar-refractivity contribution >= 4 is 6.29 Å². The van der Waals surface area contributed by atoms with Crippen LogP contribution in [-0.4, -0.2) is 6.29 Å². The molecule has 2 heteroatoms. The summed E-state index contributed by atoms with van der Waals surface area (Å²) in [5, 5.41) is 0. The van der Waals surface area contributed by atoms with Crippen LogP contribution in [0.2, 0.25) is 0 Å². The van der Waals surface area contributed by atoms with Gasteiger partial charge in [-0.05, 0) is 30.4 Å². The summed E-state index contributed by atoms with van der Waals surface area (Å²) in [7, 11) is 0. The van der Waals surface area contributed by atoms with Gasteiger partial charge in [-0.1, -0.05) is 24.3 Å². The molecule has 68 valence electrons. The first-order valence-electron chi connectivity index (χ1n) is 4.50. The number of carbonyl (C=O) groups is 1. The highest BCUT2D eigenvalue weighted by atomic mass is 19.1. The van der Waals surface area contributed by atoms with Crippen molar-refractivity contribution in [2.45, 2.75) is 24.9 Å². The van der Waals surface area contributed by atoms with Crippen LogP contribution in [-0.2, 0) is 16.9 Å². The molecule has 0 fully saturated rings. The number of fused-ring (bicyclic) bond motifs is 1. The van der Waals surface area contributed by atoms with Gasteiger partial charge in [-0.3, -0.25) is 4.79 Å². The first-order chi connectivity index (χ1) is 6.26. The molecule has 0 aromatic heterocycles. The lowest BCUT2D eigenvalue weighted by Gasteiger charge is -2.26. The monoisotopic (exact) mass is 178 g/mol. The molecule has 0 amide bonds. The van der Waals surface area contributed by atoms with E-state index in [1.807, 2.05) is 12.1 Å². The van der Waals surface area contributed by atoms with Gasteiger partial charge < -0.3 is 0 Å². The van der Waals surface area contributed by atoms with Gasteiger partial charge in [-0.2, -0.15) is 0 Å². The van der Waals surface area contributed by atoms with E-state index in [0.717, 1.165) is 18.4 Å². The van der Waals surface area contributed by atoms with Crippen LogP contribution in [0.25, 0.3) is 0 Å². The summed E-state index contributed by atoms with van der Waals surface area (Å²) in [4.78, 5) is 10.7. The summed E-state index contributed by atoms with van der Waals surface area (Å²) in [6.45, 7) is 0. The molecule has 1 aromatic rings. The maximum absolute atomic E-state index is 13.9. The summed E-state index contributed by atoms with van der Waals surface area (Å²) in [5.74, 6) is 0. The molecule has 0 saturated heterocycles. The second kappa shape index (κ2) is 2.95. The minimum absolute atomic E-state index is 0.327. The van der Waals surface area contributed by atoms with Gasteiger partial charge in [0, 0.05) is 0 Å². The van der Waals surface area contributed by atoms with Crippen LogP contribution < -0.4 is 0 Å². The maximum Gasteiger partial charge on any atom is 0.191 e. The van der Waals surface area contributed by atoms with Gasteiger partial charge >= 0.3 is 0 Å². The Kier molecular flexibility index (Phi) is 1.91. The molecule has 1 nitrogen and oxygen atoms in total. The van der Waals surface area contributed by atoms with E-state index >= 15 is 0 Å². The Morgan fingerprint density at radius 2 is 2.15 bits per heavy atom. The van der Waals surface area contributed by atoms with Gasteiger partial charge in [0.2, 0.25) is 0 Å². The van der Waals surface area contributed by atoms with Gasteiger partial charge in [-0.25, -0.2) is 4.39 Å². The van der Waals surface area contributed by atoms with Gasteiger partial charge in [0.1, 0.15) is 0 Å². The Bertz CT molecular complexity index is 335. The lowest BCUT2D eigenvalue weighted by molar-refractivity contribution is -0.119. The van der Waals surface area contributed by atoms with E-state index in [4.69, 9.17) is 0 Å². The normalized spacial score (nSPS) is 26.5. The molecule has 1 aliphatic carbocycles. The van der Waals surface area contributed by atoms with Gasteiger partial charge in [-0.15, -0.1) is 0 Å². The van der Waals surface area contributed by atoms with Crippen molar-refractivity contribution < 1.29 is 9.18 Å². The van der Waals surface area contributed by atoms with E-state index in [1.165, 1.54) is 0 Å². The van der Waals surface area contributed by atoms with Crippen LogP contribution in [0.15, 0.2) is 24.3 Å². The fraction of sp³-hybridized carbons (Fsp3) is 0.364. The largest absolute Gasteiger partial charge is 0.299 e. The number of aldehydes is 1. The Balaban J connectivity index is 2.54. The molecule has 0 N–H and O–H groups in total. The zero-order chi connectivity index (χ0) is 9.31. The molecule has 1 aromatic carbocycles. The summed E-state index contributed by atoms with van der Waals surface area (Å²) < 4.78 is 13.9. The predicted molar refractivity (Wildman–Crippen MR) is 48.2 cm³/mol. The summed E-state index contributed by atoms with van der Waals surface area (Å²) in [6, 6.07) is 7.27.